The van der Waals surface area contributed by atoms with Crippen molar-refractivity contribution in [2.75, 3.05) is 13.6 Å². The second-order valence-corrected chi connectivity index (χ2v) is 7.66. The third-order valence-corrected chi connectivity index (χ3v) is 5.08. The van der Waals surface area contributed by atoms with E-state index in [0.717, 1.165) is 12.8 Å². The van der Waals surface area contributed by atoms with Gasteiger partial charge in [0.15, 0.2) is 0 Å². The molecule has 0 saturated heterocycles. The van der Waals surface area contributed by atoms with Crippen LogP contribution in [0.3, 0.4) is 0 Å². The molecule has 0 aliphatic rings. The molecule has 0 aromatic carbocycles. The minimum absolute atomic E-state index is 0. The van der Waals surface area contributed by atoms with Gasteiger partial charge in [0.1, 0.15) is 0 Å². The molecule has 0 bridgehead atoms. The zero-order chi connectivity index (χ0) is 19.5. The Bertz CT molecular complexity index is 350. The molecule has 2 radical (unpaired) electrons. The first-order valence-electron chi connectivity index (χ1n) is 11.0. The summed E-state index contributed by atoms with van der Waals surface area (Å²) >= 11 is 0. The topological polar surface area (TPSA) is 57.6 Å². The molecular weight excluding hydrogens is 366 g/mol. The first kappa shape index (κ1) is 29.4. The summed E-state index contributed by atoms with van der Waals surface area (Å²) in [6.07, 6.45) is 20.4. The Labute approximate surface area is 197 Å². The van der Waals surface area contributed by atoms with Crippen LogP contribution >= 0.6 is 0 Å². The SMILES string of the molecule is CCCCCCCCCCCCCCCCCC(=O)N(C)CCC(=O)O.[Ca]. The van der Waals surface area contributed by atoms with Crippen molar-refractivity contribution in [2.24, 2.45) is 0 Å². The maximum atomic E-state index is 11.8. The van der Waals surface area contributed by atoms with Crippen LogP contribution in [0.25, 0.3) is 0 Å². The first-order chi connectivity index (χ1) is 12.6. The maximum Gasteiger partial charge on any atom is 0.305 e. The van der Waals surface area contributed by atoms with E-state index >= 15 is 0 Å². The number of hydrogen-bond acceptors (Lipinski definition) is 2. The molecule has 1 N–H and O–H groups in total. The second-order valence-electron chi connectivity index (χ2n) is 7.66. The Balaban J connectivity index is 0. The second kappa shape index (κ2) is 22.5. The van der Waals surface area contributed by atoms with Crippen molar-refractivity contribution in [2.45, 2.75) is 116 Å². The summed E-state index contributed by atoms with van der Waals surface area (Å²) in [4.78, 5) is 23.9. The van der Waals surface area contributed by atoms with E-state index < -0.39 is 5.97 Å². The van der Waals surface area contributed by atoms with Crippen LogP contribution in [-0.4, -0.2) is 73.2 Å². The van der Waals surface area contributed by atoms with Crippen LogP contribution in [0.4, 0.5) is 0 Å². The van der Waals surface area contributed by atoms with Gasteiger partial charge in [-0.3, -0.25) is 9.59 Å². The van der Waals surface area contributed by atoms with Gasteiger partial charge in [-0.25, -0.2) is 0 Å². The van der Waals surface area contributed by atoms with Crippen LogP contribution in [-0.2, 0) is 9.59 Å². The Morgan fingerprint density at radius 2 is 1.04 bits per heavy atom. The van der Waals surface area contributed by atoms with E-state index in [1.54, 1.807) is 7.05 Å². The summed E-state index contributed by atoms with van der Waals surface area (Å²) in [5, 5.41) is 8.62. The van der Waals surface area contributed by atoms with Gasteiger partial charge >= 0.3 is 5.97 Å². The predicted molar refractivity (Wildman–Crippen MR) is 115 cm³/mol. The minimum Gasteiger partial charge on any atom is -0.481 e. The molecule has 0 fully saturated rings. The number of nitrogens with zero attached hydrogens (tertiary/aromatic N) is 1. The molecule has 0 aromatic heterocycles. The number of carbonyl (C=O) groups excluding carboxylic acids is 1. The van der Waals surface area contributed by atoms with E-state index in [2.05, 4.69) is 6.92 Å². The molecule has 1 amide bonds. The molecule has 0 atom stereocenters. The van der Waals surface area contributed by atoms with Crippen LogP contribution in [0.2, 0.25) is 0 Å². The van der Waals surface area contributed by atoms with Gasteiger partial charge in [0.05, 0.1) is 6.42 Å². The molecule has 0 aliphatic heterocycles. The fourth-order valence-electron chi connectivity index (χ4n) is 3.23. The van der Waals surface area contributed by atoms with E-state index in [1.165, 1.54) is 88.4 Å². The standard InChI is InChI=1S/C22H43NO3.Ca/c1-3-4-5-6-7-8-9-10-11-12-13-14-15-16-17-18-21(24)23(2)20-19-22(25)26;/h3-20H2,1-2H3,(H,25,26);. The number of carboxylic acids is 1. The van der Waals surface area contributed by atoms with Crippen molar-refractivity contribution in [3.8, 4) is 0 Å². The number of amides is 1. The largest absolute Gasteiger partial charge is 0.481 e. The predicted octanol–water partition coefficient (Wildman–Crippen LogP) is 5.80. The average Bonchev–Trinajstić information content (AvgIpc) is 2.62. The summed E-state index contributed by atoms with van der Waals surface area (Å²) < 4.78 is 0. The fourth-order valence-corrected chi connectivity index (χ4v) is 3.23. The summed E-state index contributed by atoms with van der Waals surface area (Å²) in [5.74, 6) is -0.780. The molecule has 0 unspecified atom stereocenters. The van der Waals surface area contributed by atoms with Crippen LogP contribution < -0.4 is 0 Å². The number of rotatable bonds is 19. The van der Waals surface area contributed by atoms with Crippen molar-refractivity contribution < 1.29 is 14.7 Å². The van der Waals surface area contributed by atoms with Gasteiger partial charge in [-0.2, -0.15) is 0 Å². The normalized spacial score (nSPS) is 10.4. The van der Waals surface area contributed by atoms with Crippen LogP contribution in [0.5, 0.6) is 0 Å². The Kier molecular flexibility index (Phi) is 24.5. The van der Waals surface area contributed by atoms with Gasteiger partial charge in [0, 0.05) is 57.8 Å². The summed E-state index contributed by atoms with van der Waals surface area (Å²) in [6, 6.07) is 0. The number of aliphatic carboxylic acids is 1. The van der Waals surface area contributed by atoms with Gasteiger partial charge in [0.2, 0.25) is 5.91 Å². The van der Waals surface area contributed by atoms with E-state index in [9.17, 15) is 9.59 Å². The van der Waals surface area contributed by atoms with E-state index in [4.69, 9.17) is 5.11 Å². The number of carbonyl (C=O) groups is 2. The van der Waals surface area contributed by atoms with Gasteiger partial charge < -0.3 is 10.0 Å². The van der Waals surface area contributed by atoms with E-state index in [-0.39, 0.29) is 50.1 Å². The number of hydrogen-bond donors (Lipinski definition) is 1. The number of carboxylic acid groups (broad SMARTS) is 1. The van der Waals surface area contributed by atoms with Gasteiger partial charge in [-0.05, 0) is 6.42 Å². The zero-order valence-corrected chi connectivity index (χ0v) is 20.4. The van der Waals surface area contributed by atoms with Gasteiger partial charge in [-0.1, -0.05) is 96.8 Å². The molecule has 156 valence electrons. The summed E-state index contributed by atoms with van der Waals surface area (Å²) in [6.45, 7) is 2.58. The number of unbranched alkanes of at least 4 members (excludes halogenated alkanes) is 14. The summed E-state index contributed by atoms with van der Waals surface area (Å²) in [7, 11) is 1.69. The zero-order valence-electron chi connectivity index (χ0n) is 18.1. The minimum atomic E-state index is -0.850. The molecule has 0 spiro atoms. The van der Waals surface area contributed by atoms with Crippen LogP contribution in [0.1, 0.15) is 116 Å². The summed E-state index contributed by atoms with van der Waals surface area (Å²) in [5.41, 5.74) is 0. The van der Waals surface area contributed by atoms with Gasteiger partial charge in [0.25, 0.3) is 0 Å². The Morgan fingerprint density at radius 3 is 1.41 bits per heavy atom. The van der Waals surface area contributed by atoms with Crippen molar-refractivity contribution in [1.82, 2.24) is 4.90 Å². The molecule has 0 aliphatic carbocycles. The molecule has 0 saturated carbocycles. The molecule has 27 heavy (non-hydrogen) atoms. The third-order valence-electron chi connectivity index (χ3n) is 5.08. The quantitative estimate of drug-likeness (QED) is 0.217. The van der Waals surface area contributed by atoms with E-state index in [0.29, 0.717) is 13.0 Å². The van der Waals surface area contributed by atoms with Gasteiger partial charge in [-0.15, -0.1) is 0 Å². The smallest absolute Gasteiger partial charge is 0.305 e. The van der Waals surface area contributed by atoms with Crippen molar-refractivity contribution in [1.29, 1.82) is 0 Å². The Hall–Kier alpha value is 0.200. The first-order valence-corrected chi connectivity index (χ1v) is 11.0. The van der Waals surface area contributed by atoms with Crippen LogP contribution in [0, 0.1) is 0 Å². The molecule has 0 heterocycles. The van der Waals surface area contributed by atoms with E-state index in [1.807, 2.05) is 0 Å². The van der Waals surface area contributed by atoms with Crippen molar-refractivity contribution in [3.05, 3.63) is 0 Å². The van der Waals surface area contributed by atoms with Crippen LogP contribution in [0.15, 0.2) is 0 Å². The molecular formula is C22H43CaNO3. The molecule has 5 heteroatoms. The average molecular weight is 410 g/mol. The maximum absolute atomic E-state index is 11.8. The molecule has 0 aromatic rings. The van der Waals surface area contributed by atoms with Crippen molar-refractivity contribution >= 4 is 49.6 Å². The fraction of sp³-hybridized carbons (Fsp3) is 0.909. The molecule has 4 nitrogen and oxygen atoms in total. The third kappa shape index (κ3) is 22.4. The monoisotopic (exact) mass is 409 g/mol. The Morgan fingerprint density at radius 1 is 0.667 bits per heavy atom. The molecule has 0 rings (SSSR count). The van der Waals surface area contributed by atoms with Crippen molar-refractivity contribution in [3.63, 3.8) is 0 Å².